The van der Waals surface area contributed by atoms with Crippen molar-refractivity contribution in [1.82, 2.24) is 10.6 Å². The Labute approximate surface area is 192 Å². The molecular weight excluding hydrogens is 436 g/mol. The lowest BCUT2D eigenvalue weighted by molar-refractivity contribution is -0.203. The lowest BCUT2D eigenvalue weighted by Crippen LogP contribution is -2.46. The van der Waals surface area contributed by atoms with E-state index in [1.807, 2.05) is 27.7 Å². The van der Waals surface area contributed by atoms with Crippen LogP contribution in [0.1, 0.15) is 41.5 Å². The summed E-state index contributed by atoms with van der Waals surface area (Å²) in [5.41, 5.74) is 0.870. The second-order valence-electron chi connectivity index (χ2n) is 9.38. The van der Waals surface area contributed by atoms with Gasteiger partial charge in [0.25, 0.3) is 0 Å². The van der Waals surface area contributed by atoms with Gasteiger partial charge in [0.05, 0.1) is 24.6 Å². The van der Waals surface area contributed by atoms with Crippen LogP contribution < -0.4 is 10.6 Å². The van der Waals surface area contributed by atoms with Crippen LogP contribution in [-0.4, -0.2) is 73.4 Å². The van der Waals surface area contributed by atoms with E-state index in [0.29, 0.717) is 24.6 Å². The summed E-state index contributed by atoms with van der Waals surface area (Å²) in [6.45, 7) is 10.7. The van der Waals surface area contributed by atoms with Gasteiger partial charge in [0.15, 0.2) is 24.0 Å². The smallest absolute Gasteiger partial charge is 0.221 e. The Morgan fingerprint density at radius 1 is 0.939 bits per heavy atom. The molecular formula is C22H32N2O9. The highest BCUT2D eigenvalue weighted by atomic mass is 16.8. The van der Waals surface area contributed by atoms with Gasteiger partial charge in [0.2, 0.25) is 11.8 Å². The quantitative estimate of drug-likeness (QED) is 0.583. The molecule has 11 nitrogen and oxygen atoms in total. The third-order valence-corrected chi connectivity index (χ3v) is 5.54. The van der Waals surface area contributed by atoms with E-state index >= 15 is 0 Å². The van der Waals surface area contributed by atoms with Gasteiger partial charge in [0.1, 0.15) is 30.7 Å². The number of hydrogen-bond acceptors (Lipinski definition) is 9. The van der Waals surface area contributed by atoms with Crippen LogP contribution in [0.5, 0.6) is 0 Å². The van der Waals surface area contributed by atoms with E-state index in [-0.39, 0.29) is 17.9 Å². The Balaban J connectivity index is 1.52. The summed E-state index contributed by atoms with van der Waals surface area (Å²) < 4.78 is 41.4. The first kappa shape index (κ1) is 24.1. The van der Waals surface area contributed by atoms with Crippen molar-refractivity contribution in [1.29, 1.82) is 0 Å². The maximum absolute atomic E-state index is 11.8. The Morgan fingerprint density at radius 3 is 2.06 bits per heavy atom. The molecule has 33 heavy (non-hydrogen) atoms. The SMILES string of the molecule is CC(=O)NC1=C[C@@H]([C@H]2COC(C)(C)O2)O[C@H]1O[C@@H]1C(NC(C)=O)=CO[C@@H]1[C@H]1COC(C)(C)O1. The zero-order valence-corrected chi connectivity index (χ0v) is 19.7. The molecule has 11 heteroatoms. The number of hydrogen-bond donors (Lipinski definition) is 2. The van der Waals surface area contributed by atoms with Gasteiger partial charge in [0, 0.05) is 13.8 Å². The summed E-state index contributed by atoms with van der Waals surface area (Å²) in [5.74, 6) is -2.04. The van der Waals surface area contributed by atoms with E-state index in [2.05, 4.69) is 10.6 Å². The highest BCUT2D eigenvalue weighted by Gasteiger charge is 2.49. The molecule has 2 saturated heterocycles. The van der Waals surface area contributed by atoms with Crippen LogP contribution in [0.4, 0.5) is 0 Å². The maximum Gasteiger partial charge on any atom is 0.221 e. The fraction of sp³-hybridized carbons (Fsp3) is 0.727. The van der Waals surface area contributed by atoms with E-state index in [0.717, 1.165) is 0 Å². The number of ether oxygens (including phenoxy) is 7. The third-order valence-electron chi connectivity index (χ3n) is 5.54. The summed E-state index contributed by atoms with van der Waals surface area (Å²) >= 11 is 0. The number of carbonyl (C=O) groups excluding carboxylic acids is 2. The van der Waals surface area contributed by atoms with Gasteiger partial charge in [-0.15, -0.1) is 0 Å². The summed E-state index contributed by atoms with van der Waals surface area (Å²) in [6, 6.07) is 0. The van der Waals surface area contributed by atoms with Gasteiger partial charge in [-0.3, -0.25) is 9.59 Å². The Bertz CT molecular complexity index is 853. The molecule has 4 aliphatic heterocycles. The van der Waals surface area contributed by atoms with Gasteiger partial charge >= 0.3 is 0 Å². The van der Waals surface area contributed by atoms with Gasteiger partial charge < -0.3 is 43.8 Å². The largest absolute Gasteiger partial charge is 0.490 e. The zero-order valence-electron chi connectivity index (χ0n) is 19.7. The Morgan fingerprint density at radius 2 is 1.52 bits per heavy atom. The van der Waals surface area contributed by atoms with E-state index in [1.165, 1.54) is 20.1 Å². The Hall–Kier alpha value is -2.02. The van der Waals surface area contributed by atoms with Crippen molar-refractivity contribution in [2.45, 2.75) is 89.9 Å². The standard InChI is InChI=1S/C22H32N2O9/c1-11(25)23-13-7-15(16-9-28-21(3,4)32-16)30-20(13)31-18-14(24-12(2)26)8-27-19(18)17-10-29-22(5,6)33-17/h7-8,15-20H,9-10H2,1-6H3,(H,23,25)(H,24,26)/t15-,16+,17+,18+,19+,20-/m0/s1. The molecule has 0 aromatic heterocycles. The predicted octanol–water partition coefficient (Wildman–Crippen LogP) is 0.796. The van der Waals surface area contributed by atoms with Crippen molar-refractivity contribution < 1.29 is 42.7 Å². The molecule has 0 bridgehead atoms. The van der Waals surface area contributed by atoms with Crippen molar-refractivity contribution in [2.24, 2.45) is 0 Å². The second-order valence-corrected chi connectivity index (χ2v) is 9.38. The molecule has 0 spiro atoms. The van der Waals surface area contributed by atoms with E-state index in [1.54, 1.807) is 6.08 Å². The first-order valence-corrected chi connectivity index (χ1v) is 11.0. The van der Waals surface area contributed by atoms with Crippen molar-refractivity contribution in [3.05, 3.63) is 23.7 Å². The normalized spacial score (nSPS) is 36.8. The molecule has 0 aromatic rings. The highest BCUT2D eigenvalue weighted by molar-refractivity contribution is 5.75. The molecule has 0 unspecified atom stereocenters. The monoisotopic (exact) mass is 468 g/mol. The molecule has 2 fully saturated rings. The van der Waals surface area contributed by atoms with E-state index in [9.17, 15) is 9.59 Å². The summed E-state index contributed by atoms with van der Waals surface area (Å²) in [6.07, 6.45) is -0.390. The minimum atomic E-state index is -0.937. The molecule has 6 atom stereocenters. The minimum Gasteiger partial charge on any atom is -0.490 e. The molecule has 4 aliphatic rings. The molecule has 0 aliphatic carbocycles. The van der Waals surface area contributed by atoms with Crippen LogP contribution >= 0.6 is 0 Å². The summed E-state index contributed by atoms with van der Waals surface area (Å²) in [7, 11) is 0. The van der Waals surface area contributed by atoms with Crippen molar-refractivity contribution >= 4 is 11.8 Å². The fourth-order valence-corrected chi connectivity index (χ4v) is 4.21. The van der Waals surface area contributed by atoms with Crippen LogP contribution in [0, 0.1) is 0 Å². The zero-order chi connectivity index (χ0) is 24.0. The van der Waals surface area contributed by atoms with Crippen molar-refractivity contribution in [3.8, 4) is 0 Å². The number of amides is 2. The topological polar surface area (TPSA) is 123 Å². The van der Waals surface area contributed by atoms with Gasteiger partial charge in [-0.1, -0.05) is 0 Å². The fourth-order valence-electron chi connectivity index (χ4n) is 4.21. The average Bonchev–Trinajstić information content (AvgIpc) is 3.43. The van der Waals surface area contributed by atoms with Crippen LogP contribution in [-0.2, 0) is 42.7 Å². The van der Waals surface area contributed by atoms with Crippen LogP contribution in [0.25, 0.3) is 0 Å². The molecule has 4 rings (SSSR count). The lowest BCUT2D eigenvalue weighted by Gasteiger charge is -2.29. The summed E-state index contributed by atoms with van der Waals surface area (Å²) in [4.78, 5) is 23.6. The second kappa shape index (κ2) is 8.97. The van der Waals surface area contributed by atoms with Gasteiger partial charge in [-0.2, -0.15) is 0 Å². The van der Waals surface area contributed by atoms with Gasteiger partial charge in [-0.05, 0) is 33.8 Å². The number of carbonyl (C=O) groups is 2. The third kappa shape index (κ3) is 5.56. The molecule has 184 valence electrons. The minimum absolute atomic E-state index is 0.269. The molecule has 0 aromatic carbocycles. The van der Waals surface area contributed by atoms with Crippen LogP contribution in [0.3, 0.4) is 0 Å². The Kier molecular flexibility index (Phi) is 6.56. The van der Waals surface area contributed by atoms with Gasteiger partial charge in [-0.25, -0.2) is 0 Å². The van der Waals surface area contributed by atoms with Crippen molar-refractivity contribution in [3.63, 3.8) is 0 Å². The average molecular weight is 469 g/mol. The number of rotatable bonds is 6. The molecule has 0 saturated carbocycles. The lowest BCUT2D eigenvalue weighted by atomic mass is 10.1. The van der Waals surface area contributed by atoms with Crippen LogP contribution in [0.2, 0.25) is 0 Å². The summed E-state index contributed by atoms with van der Waals surface area (Å²) in [5, 5.41) is 5.51. The molecule has 2 amide bonds. The van der Waals surface area contributed by atoms with E-state index in [4.69, 9.17) is 33.2 Å². The molecule has 0 radical (unpaired) electrons. The predicted molar refractivity (Wildman–Crippen MR) is 112 cm³/mol. The first-order valence-electron chi connectivity index (χ1n) is 11.0. The molecule has 2 N–H and O–H groups in total. The van der Waals surface area contributed by atoms with E-state index < -0.39 is 42.3 Å². The maximum atomic E-state index is 11.8. The van der Waals surface area contributed by atoms with Crippen LogP contribution in [0.15, 0.2) is 23.7 Å². The number of nitrogens with one attached hydrogen (secondary N) is 2. The molecule has 4 heterocycles. The van der Waals surface area contributed by atoms with Crippen molar-refractivity contribution in [2.75, 3.05) is 13.2 Å². The first-order chi connectivity index (χ1) is 15.4. The highest BCUT2D eigenvalue weighted by Crippen LogP contribution is 2.36.